The lowest BCUT2D eigenvalue weighted by Gasteiger charge is -2.37. The highest BCUT2D eigenvalue weighted by molar-refractivity contribution is 8.00. The Kier molecular flexibility index (Phi) is 3.38. The van der Waals surface area contributed by atoms with Gasteiger partial charge in [0.05, 0.1) is 23.5 Å². The normalized spacial score (nSPS) is 18.1. The Morgan fingerprint density at radius 1 is 1.40 bits per heavy atom. The molecule has 1 heterocycles. The largest absolute Gasteiger partial charge is 0.481 e. The molecular formula is C9H13NO4S. The molecule has 0 aliphatic carbocycles. The summed E-state index contributed by atoms with van der Waals surface area (Å²) in [6, 6.07) is 0. The number of imide groups is 1. The summed E-state index contributed by atoms with van der Waals surface area (Å²) in [6.07, 6.45) is -0.227. The summed E-state index contributed by atoms with van der Waals surface area (Å²) in [5.74, 6) is -1.13. The van der Waals surface area contributed by atoms with Gasteiger partial charge in [-0.2, -0.15) is 0 Å². The Balaban J connectivity index is 2.87. The zero-order valence-corrected chi connectivity index (χ0v) is 9.47. The van der Waals surface area contributed by atoms with E-state index in [1.807, 2.05) is 0 Å². The van der Waals surface area contributed by atoms with Gasteiger partial charge in [0.15, 0.2) is 0 Å². The van der Waals surface area contributed by atoms with E-state index in [2.05, 4.69) is 0 Å². The number of carbonyl (C=O) groups is 3. The summed E-state index contributed by atoms with van der Waals surface area (Å²) in [5.41, 5.74) is -0.943. The van der Waals surface area contributed by atoms with Crippen molar-refractivity contribution in [1.29, 1.82) is 0 Å². The molecule has 6 heteroatoms. The predicted molar refractivity (Wildman–Crippen MR) is 55.5 cm³/mol. The van der Waals surface area contributed by atoms with Gasteiger partial charge in [-0.1, -0.05) is 0 Å². The van der Waals surface area contributed by atoms with Crippen molar-refractivity contribution in [2.45, 2.75) is 25.8 Å². The maximum Gasteiger partial charge on any atom is 0.305 e. The third kappa shape index (κ3) is 2.71. The minimum absolute atomic E-state index is 0.227. The van der Waals surface area contributed by atoms with Gasteiger partial charge in [0, 0.05) is 0 Å². The molecule has 1 N–H and O–H groups in total. The van der Waals surface area contributed by atoms with E-state index in [1.165, 1.54) is 11.8 Å². The minimum atomic E-state index is -1.01. The summed E-state index contributed by atoms with van der Waals surface area (Å²) in [4.78, 5) is 34.7. The molecule has 0 aromatic rings. The van der Waals surface area contributed by atoms with E-state index in [1.54, 1.807) is 13.8 Å². The van der Waals surface area contributed by atoms with Crippen molar-refractivity contribution in [2.75, 3.05) is 11.5 Å². The fraction of sp³-hybridized carbons (Fsp3) is 0.667. The Morgan fingerprint density at radius 3 is 2.27 bits per heavy atom. The van der Waals surface area contributed by atoms with Gasteiger partial charge in [0.25, 0.3) is 0 Å². The Hall–Kier alpha value is -1.04. The first kappa shape index (κ1) is 12.0. The van der Waals surface area contributed by atoms with E-state index >= 15 is 0 Å². The lowest BCUT2D eigenvalue weighted by atomic mass is 9.98. The van der Waals surface area contributed by atoms with Crippen LogP contribution >= 0.6 is 11.8 Å². The molecule has 2 amide bonds. The molecule has 1 fully saturated rings. The monoisotopic (exact) mass is 231 g/mol. The van der Waals surface area contributed by atoms with E-state index in [4.69, 9.17) is 5.11 Å². The fourth-order valence-corrected chi connectivity index (χ4v) is 2.33. The topological polar surface area (TPSA) is 74.7 Å². The van der Waals surface area contributed by atoms with Crippen molar-refractivity contribution in [2.24, 2.45) is 0 Å². The average molecular weight is 231 g/mol. The van der Waals surface area contributed by atoms with Crippen molar-refractivity contribution in [1.82, 2.24) is 4.90 Å². The number of aliphatic carboxylic acids is 1. The van der Waals surface area contributed by atoms with Crippen LogP contribution in [-0.4, -0.2) is 44.8 Å². The van der Waals surface area contributed by atoms with Gasteiger partial charge in [0.1, 0.15) is 0 Å². The molecule has 1 aliphatic heterocycles. The van der Waals surface area contributed by atoms with Crippen LogP contribution in [0.4, 0.5) is 0 Å². The van der Waals surface area contributed by atoms with Gasteiger partial charge in [-0.15, -0.1) is 11.8 Å². The summed E-state index contributed by atoms with van der Waals surface area (Å²) in [5, 5.41) is 8.70. The van der Waals surface area contributed by atoms with E-state index in [0.717, 1.165) is 4.90 Å². The molecule has 0 unspecified atom stereocenters. The Labute approximate surface area is 91.8 Å². The molecule has 0 radical (unpaired) electrons. The molecule has 84 valence electrons. The number of hydrogen-bond donors (Lipinski definition) is 1. The first-order valence-corrected chi connectivity index (χ1v) is 5.65. The van der Waals surface area contributed by atoms with Crippen molar-refractivity contribution in [3.63, 3.8) is 0 Å². The van der Waals surface area contributed by atoms with Crippen LogP contribution in [0.3, 0.4) is 0 Å². The second kappa shape index (κ2) is 4.22. The lowest BCUT2D eigenvalue weighted by molar-refractivity contribution is -0.151. The summed E-state index contributed by atoms with van der Waals surface area (Å²) in [6.45, 7) is 3.18. The van der Waals surface area contributed by atoms with Crippen LogP contribution in [0.2, 0.25) is 0 Å². The SMILES string of the molecule is CC(C)(CC(=O)O)N1C(=O)CSCC1=O. The smallest absolute Gasteiger partial charge is 0.305 e. The van der Waals surface area contributed by atoms with Crippen molar-refractivity contribution >= 4 is 29.5 Å². The van der Waals surface area contributed by atoms with Crippen LogP contribution in [0.25, 0.3) is 0 Å². The number of carboxylic acid groups (broad SMARTS) is 1. The van der Waals surface area contributed by atoms with Crippen LogP contribution in [0, 0.1) is 0 Å². The maximum atomic E-state index is 11.5. The summed E-state index contributed by atoms with van der Waals surface area (Å²) >= 11 is 1.26. The van der Waals surface area contributed by atoms with Gasteiger partial charge < -0.3 is 5.11 Å². The molecule has 0 aromatic carbocycles. The zero-order valence-electron chi connectivity index (χ0n) is 8.65. The first-order chi connectivity index (χ1) is 6.84. The van der Waals surface area contributed by atoms with E-state index in [-0.39, 0.29) is 29.7 Å². The van der Waals surface area contributed by atoms with Gasteiger partial charge in [0.2, 0.25) is 11.8 Å². The number of nitrogens with zero attached hydrogens (tertiary/aromatic N) is 1. The van der Waals surface area contributed by atoms with E-state index in [0.29, 0.717) is 0 Å². The predicted octanol–water partition coefficient (Wildman–Crippen LogP) is 0.342. The molecule has 1 aliphatic rings. The van der Waals surface area contributed by atoms with Crippen LogP contribution < -0.4 is 0 Å². The molecule has 0 aromatic heterocycles. The Morgan fingerprint density at radius 2 is 1.87 bits per heavy atom. The molecule has 0 spiro atoms. The number of thioether (sulfide) groups is 1. The van der Waals surface area contributed by atoms with Gasteiger partial charge in [-0.3, -0.25) is 19.3 Å². The minimum Gasteiger partial charge on any atom is -0.481 e. The molecule has 0 saturated carbocycles. The number of rotatable bonds is 3. The number of amides is 2. The standard InChI is InChI=1S/C9H13NO4S/c1-9(2,3-8(13)14)10-6(11)4-15-5-7(10)12/h3-5H2,1-2H3,(H,13,14). The lowest BCUT2D eigenvalue weighted by Crippen LogP contribution is -2.55. The average Bonchev–Trinajstić information content (AvgIpc) is 1.99. The van der Waals surface area contributed by atoms with Gasteiger partial charge in [-0.05, 0) is 13.8 Å². The molecule has 0 atom stereocenters. The van der Waals surface area contributed by atoms with Crippen molar-refractivity contribution < 1.29 is 19.5 Å². The number of carbonyl (C=O) groups excluding carboxylic acids is 2. The quantitative estimate of drug-likeness (QED) is 0.709. The third-order valence-corrected chi connectivity index (χ3v) is 3.04. The highest BCUT2D eigenvalue weighted by Gasteiger charge is 2.39. The van der Waals surface area contributed by atoms with Crippen LogP contribution in [0.1, 0.15) is 20.3 Å². The number of hydrogen-bond acceptors (Lipinski definition) is 4. The fourth-order valence-electron chi connectivity index (χ4n) is 1.62. The molecular weight excluding hydrogens is 218 g/mol. The summed E-state index contributed by atoms with van der Waals surface area (Å²) < 4.78 is 0. The van der Waals surface area contributed by atoms with Gasteiger partial charge >= 0.3 is 5.97 Å². The summed E-state index contributed by atoms with van der Waals surface area (Å²) in [7, 11) is 0. The number of carboxylic acids is 1. The van der Waals surface area contributed by atoms with Crippen LogP contribution in [0.15, 0.2) is 0 Å². The molecule has 5 nitrogen and oxygen atoms in total. The highest BCUT2D eigenvalue weighted by atomic mass is 32.2. The molecule has 15 heavy (non-hydrogen) atoms. The zero-order chi connectivity index (χ0) is 11.6. The van der Waals surface area contributed by atoms with Crippen LogP contribution in [0.5, 0.6) is 0 Å². The van der Waals surface area contributed by atoms with Crippen molar-refractivity contribution in [3.8, 4) is 0 Å². The van der Waals surface area contributed by atoms with Crippen LogP contribution in [-0.2, 0) is 14.4 Å². The highest BCUT2D eigenvalue weighted by Crippen LogP contribution is 2.24. The Bertz CT molecular complexity index is 297. The molecule has 0 bridgehead atoms. The van der Waals surface area contributed by atoms with Gasteiger partial charge in [-0.25, -0.2) is 0 Å². The maximum absolute atomic E-state index is 11.5. The van der Waals surface area contributed by atoms with Crippen molar-refractivity contribution in [3.05, 3.63) is 0 Å². The second-order valence-electron chi connectivity index (χ2n) is 4.00. The van der Waals surface area contributed by atoms with E-state index < -0.39 is 11.5 Å². The second-order valence-corrected chi connectivity index (χ2v) is 4.98. The first-order valence-electron chi connectivity index (χ1n) is 4.50. The molecule has 1 rings (SSSR count). The third-order valence-electron chi connectivity index (χ3n) is 2.14. The van der Waals surface area contributed by atoms with E-state index in [9.17, 15) is 14.4 Å². The molecule has 1 saturated heterocycles.